The molecular weight excluding hydrogens is 298 g/mol. The number of benzene rings is 1. The molecule has 0 spiro atoms. The second-order valence-electron chi connectivity index (χ2n) is 4.22. The summed E-state index contributed by atoms with van der Waals surface area (Å²) in [7, 11) is -4.13. The first-order valence-electron chi connectivity index (χ1n) is 5.61. The number of piperazine rings is 1. The average Bonchev–Trinajstić information content (AvgIpc) is 2.28. The van der Waals surface area contributed by atoms with Gasteiger partial charge in [0, 0.05) is 25.7 Å². The van der Waals surface area contributed by atoms with Crippen LogP contribution in [0.3, 0.4) is 0 Å². The minimum absolute atomic E-state index is 0. The molecule has 4 nitrogen and oxygen atoms in total. The smallest absolute Gasteiger partial charge is 0.249 e. The lowest BCUT2D eigenvalue weighted by Gasteiger charge is -2.32. The summed E-state index contributed by atoms with van der Waals surface area (Å²) < 4.78 is 52.8. The fourth-order valence-corrected chi connectivity index (χ4v) is 3.77. The summed E-state index contributed by atoms with van der Waals surface area (Å²) in [5, 5.41) is 3.02. The molecule has 1 N–H and O–H groups in total. The Kier molecular flexibility index (Phi) is 5.26. The molecule has 1 fully saturated rings. The summed E-state index contributed by atoms with van der Waals surface area (Å²) in [5.74, 6) is -2.11. The summed E-state index contributed by atoms with van der Waals surface area (Å²) in [6, 6.07) is 2.71. The van der Waals surface area contributed by atoms with Gasteiger partial charge in [-0.25, -0.2) is 17.2 Å². The van der Waals surface area contributed by atoms with Gasteiger partial charge >= 0.3 is 0 Å². The van der Waals surface area contributed by atoms with Crippen LogP contribution in [0.4, 0.5) is 8.78 Å². The molecule has 0 amide bonds. The van der Waals surface area contributed by atoms with Gasteiger partial charge in [0.1, 0.15) is 11.6 Å². The van der Waals surface area contributed by atoms with Gasteiger partial charge in [0.05, 0.1) is 0 Å². The Morgan fingerprint density at radius 2 is 1.89 bits per heavy atom. The van der Waals surface area contributed by atoms with Gasteiger partial charge in [-0.3, -0.25) is 0 Å². The maximum Gasteiger partial charge on any atom is 0.249 e. The van der Waals surface area contributed by atoms with E-state index in [4.69, 9.17) is 0 Å². The van der Waals surface area contributed by atoms with Crippen molar-refractivity contribution in [3.63, 3.8) is 0 Å². The molecule has 2 rings (SSSR count). The van der Waals surface area contributed by atoms with Gasteiger partial charge < -0.3 is 5.32 Å². The van der Waals surface area contributed by atoms with Crippen molar-refractivity contribution in [2.75, 3.05) is 19.6 Å². The van der Waals surface area contributed by atoms with E-state index < -0.39 is 26.6 Å². The standard InChI is InChI=1S/C11H14F2N2O2S.ClH/c1-8-7-14-5-6-15(8)18(16,17)11-9(12)3-2-4-10(11)13;/h2-4,8,14H,5-7H2,1H3;1H. The lowest BCUT2D eigenvalue weighted by atomic mass is 10.3. The Labute approximate surface area is 117 Å². The lowest BCUT2D eigenvalue weighted by Crippen LogP contribution is -2.52. The molecule has 1 aromatic carbocycles. The molecule has 1 aromatic rings. The van der Waals surface area contributed by atoms with Crippen LogP contribution in [0.15, 0.2) is 23.1 Å². The van der Waals surface area contributed by atoms with Crippen LogP contribution in [-0.4, -0.2) is 38.4 Å². The summed E-state index contributed by atoms with van der Waals surface area (Å²) >= 11 is 0. The van der Waals surface area contributed by atoms with Gasteiger partial charge in [-0.05, 0) is 19.1 Å². The second-order valence-corrected chi connectivity index (χ2v) is 6.05. The molecule has 0 aliphatic carbocycles. The Morgan fingerprint density at radius 3 is 2.42 bits per heavy atom. The normalized spacial score (nSPS) is 20.9. The fourth-order valence-electron chi connectivity index (χ4n) is 2.03. The summed E-state index contributed by atoms with van der Waals surface area (Å²) in [5.41, 5.74) is 0. The zero-order chi connectivity index (χ0) is 13.3. The molecule has 0 bridgehead atoms. The van der Waals surface area contributed by atoms with E-state index in [1.165, 1.54) is 0 Å². The first-order chi connectivity index (χ1) is 8.44. The van der Waals surface area contributed by atoms with E-state index in [-0.39, 0.29) is 25.0 Å². The van der Waals surface area contributed by atoms with E-state index in [1.807, 2.05) is 0 Å². The van der Waals surface area contributed by atoms with Gasteiger partial charge in [-0.1, -0.05) is 6.07 Å². The highest BCUT2D eigenvalue weighted by Gasteiger charge is 2.34. The number of hydrogen-bond donors (Lipinski definition) is 1. The molecule has 0 saturated carbocycles. The minimum Gasteiger partial charge on any atom is -0.314 e. The number of hydrogen-bond acceptors (Lipinski definition) is 3. The SMILES string of the molecule is CC1CNCCN1S(=O)(=O)c1c(F)cccc1F.Cl. The first-order valence-corrected chi connectivity index (χ1v) is 7.05. The van der Waals surface area contributed by atoms with Crippen LogP contribution in [0.1, 0.15) is 6.92 Å². The van der Waals surface area contributed by atoms with E-state index >= 15 is 0 Å². The molecule has 1 aliphatic rings. The van der Waals surface area contributed by atoms with Crippen LogP contribution in [-0.2, 0) is 10.0 Å². The van der Waals surface area contributed by atoms with Crippen LogP contribution in [0.25, 0.3) is 0 Å². The number of sulfonamides is 1. The Morgan fingerprint density at radius 1 is 1.32 bits per heavy atom. The van der Waals surface area contributed by atoms with Crippen molar-refractivity contribution in [3.05, 3.63) is 29.8 Å². The van der Waals surface area contributed by atoms with Crippen molar-refractivity contribution in [2.45, 2.75) is 17.9 Å². The third-order valence-corrected chi connectivity index (χ3v) is 4.99. The average molecular weight is 313 g/mol. The third kappa shape index (κ3) is 3.05. The van der Waals surface area contributed by atoms with Crippen LogP contribution >= 0.6 is 12.4 Å². The molecule has 0 radical (unpaired) electrons. The van der Waals surface area contributed by atoms with Crippen molar-refractivity contribution < 1.29 is 17.2 Å². The van der Waals surface area contributed by atoms with E-state index in [1.54, 1.807) is 6.92 Å². The largest absolute Gasteiger partial charge is 0.314 e. The zero-order valence-electron chi connectivity index (χ0n) is 10.3. The van der Waals surface area contributed by atoms with Crippen LogP contribution < -0.4 is 5.32 Å². The van der Waals surface area contributed by atoms with Gasteiger partial charge in [-0.2, -0.15) is 4.31 Å². The van der Waals surface area contributed by atoms with Gasteiger partial charge in [0.25, 0.3) is 0 Å². The zero-order valence-corrected chi connectivity index (χ0v) is 11.9. The fraction of sp³-hybridized carbons (Fsp3) is 0.455. The first kappa shape index (κ1) is 16.3. The molecule has 0 aromatic heterocycles. The van der Waals surface area contributed by atoms with Crippen LogP contribution in [0.5, 0.6) is 0 Å². The molecule has 1 atom stereocenters. The third-order valence-electron chi connectivity index (χ3n) is 2.93. The quantitative estimate of drug-likeness (QED) is 0.897. The number of halogens is 3. The highest BCUT2D eigenvalue weighted by molar-refractivity contribution is 7.89. The molecule has 8 heteroatoms. The Balaban J connectivity index is 0.00000180. The predicted octanol–water partition coefficient (Wildman–Crippen LogP) is 1.37. The lowest BCUT2D eigenvalue weighted by molar-refractivity contribution is 0.281. The van der Waals surface area contributed by atoms with Gasteiger partial charge in [0.2, 0.25) is 10.0 Å². The molecular formula is C11H15ClF2N2O2S. The number of nitrogens with zero attached hydrogens (tertiary/aromatic N) is 1. The molecule has 1 aliphatic heterocycles. The highest BCUT2D eigenvalue weighted by Crippen LogP contribution is 2.24. The molecule has 1 saturated heterocycles. The van der Waals surface area contributed by atoms with E-state index in [9.17, 15) is 17.2 Å². The maximum absolute atomic E-state index is 13.6. The number of nitrogens with one attached hydrogen (secondary N) is 1. The highest BCUT2D eigenvalue weighted by atomic mass is 35.5. The molecule has 1 heterocycles. The van der Waals surface area contributed by atoms with Crippen molar-refractivity contribution in [1.29, 1.82) is 0 Å². The Bertz CT molecular complexity index is 533. The maximum atomic E-state index is 13.6. The number of rotatable bonds is 2. The summed E-state index contributed by atoms with van der Waals surface area (Å²) in [4.78, 5) is -0.862. The molecule has 108 valence electrons. The van der Waals surface area contributed by atoms with Crippen LogP contribution in [0.2, 0.25) is 0 Å². The van der Waals surface area contributed by atoms with E-state index in [2.05, 4.69) is 5.32 Å². The van der Waals surface area contributed by atoms with E-state index in [0.29, 0.717) is 13.1 Å². The van der Waals surface area contributed by atoms with Crippen molar-refractivity contribution in [3.8, 4) is 0 Å². The summed E-state index contributed by atoms with van der Waals surface area (Å²) in [6.07, 6.45) is 0. The Hall–Kier alpha value is -0.760. The van der Waals surface area contributed by atoms with Crippen LogP contribution in [0, 0.1) is 11.6 Å². The van der Waals surface area contributed by atoms with Crippen molar-refractivity contribution in [2.24, 2.45) is 0 Å². The topological polar surface area (TPSA) is 49.4 Å². The van der Waals surface area contributed by atoms with Crippen molar-refractivity contribution >= 4 is 22.4 Å². The van der Waals surface area contributed by atoms with Gasteiger partial charge in [-0.15, -0.1) is 12.4 Å². The monoisotopic (exact) mass is 312 g/mol. The predicted molar refractivity (Wildman–Crippen MR) is 69.8 cm³/mol. The van der Waals surface area contributed by atoms with E-state index in [0.717, 1.165) is 22.5 Å². The minimum atomic E-state index is -4.13. The molecule has 1 unspecified atom stereocenters. The van der Waals surface area contributed by atoms with Crippen molar-refractivity contribution in [1.82, 2.24) is 9.62 Å². The summed E-state index contributed by atoms with van der Waals surface area (Å²) in [6.45, 7) is 2.84. The molecule has 19 heavy (non-hydrogen) atoms. The second kappa shape index (κ2) is 6.13. The van der Waals surface area contributed by atoms with Gasteiger partial charge in [0.15, 0.2) is 4.90 Å².